The molecule has 0 aliphatic carbocycles. The molecule has 0 fully saturated rings. The van der Waals surface area contributed by atoms with Gasteiger partial charge in [-0.05, 0) is 37.1 Å². The number of rotatable bonds is 5. The minimum atomic E-state index is -1.82. The number of aromatic nitrogens is 1. The van der Waals surface area contributed by atoms with E-state index in [1.54, 1.807) is 0 Å². The molecule has 0 aliphatic rings. The molecule has 2 aromatic carbocycles. The molecule has 0 aliphatic heterocycles. The summed E-state index contributed by atoms with van der Waals surface area (Å²) in [5, 5.41) is 19.6. The first-order chi connectivity index (χ1) is 12.5. The Kier molecular flexibility index (Phi) is 6.93. The summed E-state index contributed by atoms with van der Waals surface area (Å²) < 4.78 is 0. The van der Waals surface area contributed by atoms with Crippen LogP contribution < -0.4 is 5.32 Å². The van der Waals surface area contributed by atoms with Crippen molar-refractivity contribution < 1.29 is 19.8 Å². The SMILES string of the molecule is Cc1cccc(CNCCc2c[nH]c3ccccc23)c1.O=C(O)C(=O)O. The van der Waals surface area contributed by atoms with Crippen molar-refractivity contribution in [3.05, 3.63) is 71.4 Å². The lowest BCUT2D eigenvalue weighted by Crippen LogP contribution is -2.16. The number of para-hydroxylation sites is 1. The second-order valence-corrected chi connectivity index (χ2v) is 5.89. The van der Waals surface area contributed by atoms with Gasteiger partial charge in [0.1, 0.15) is 0 Å². The molecule has 1 heterocycles. The fourth-order valence-electron chi connectivity index (χ4n) is 2.62. The van der Waals surface area contributed by atoms with Crippen LogP contribution in [0.5, 0.6) is 0 Å². The molecule has 0 radical (unpaired) electrons. The number of carbonyl (C=O) groups is 2. The Labute approximate surface area is 151 Å². The predicted molar refractivity (Wildman–Crippen MR) is 100 cm³/mol. The van der Waals surface area contributed by atoms with E-state index >= 15 is 0 Å². The van der Waals surface area contributed by atoms with E-state index in [1.165, 1.54) is 27.6 Å². The van der Waals surface area contributed by atoms with E-state index in [9.17, 15) is 0 Å². The van der Waals surface area contributed by atoms with Gasteiger partial charge in [0, 0.05) is 23.6 Å². The van der Waals surface area contributed by atoms with E-state index in [2.05, 4.69) is 72.0 Å². The first-order valence-electron chi connectivity index (χ1n) is 8.25. The molecule has 0 saturated carbocycles. The number of H-pyrrole nitrogens is 1. The Hall–Kier alpha value is -3.12. The van der Waals surface area contributed by atoms with Gasteiger partial charge in [-0.25, -0.2) is 9.59 Å². The Morgan fingerprint density at radius 1 is 1.04 bits per heavy atom. The second kappa shape index (κ2) is 9.39. The average Bonchev–Trinajstić information content (AvgIpc) is 3.02. The minimum Gasteiger partial charge on any atom is -0.473 e. The number of carboxylic acid groups (broad SMARTS) is 2. The zero-order valence-electron chi connectivity index (χ0n) is 14.5. The lowest BCUT2D eigenvalue weighted by molar-refractivity contribution is -0.159. The fourth-order valence-corrected chi connectivity index (χ4v) is 2.62. The molecular formula is C20H22N2O4. The summed E-state index contributed by atoms with van der Waals surface area (Å²) in [5.41, 5.74) is 5.28. The van der Waals surface area contributed by atoms with E-state index in [0.717, 1.165) is 19.5 Å². The fraction of sp³-hybridized carbons (Fsp3) is 0.200. The van der Waals surface area contributed by atoms with Crippen LogP contribution in [0, 0.1) is 6.92 Å². The van der Waals surface area contributed by atoms with Gasteiger partial charge in [0.25, 0.3) is 0 Å². The van der Waals surface area contributed by atoms with Crippen LogP contribution in [-0.2, 0) is 22.6 Å². The lowest BCUT2D eigenvalue weighted by Gasteiger charge is -2.05. The topological polar surface area (TPSA) is 102 Å². The van der Waals surface area contributed by atoms with Crippen molar-refractivity contribution in [3.63, 3.8) is 0 Å². The van der Waals surface area contributed by atoms with Crippen molar-refractivity contribution in [1.29, 1.82) is 0 Å². The Balaban J connectivity index is 0.000000352. The highest BCUT2D eigenvalue weighted by Gasteiger charge is 2.04. The molecule has 26 heavy (non-hydrogen) atoms. The Morgan fingerprint density at radius 2 is 1.77 bits per heavy atom. The molecule has 1 aromatic heterocycles. The molecule has 0 atom stereocenters. The van der Waals surface area contributed by atoms with Crippen molar-refractivity contribution in [3.8, 4) is 0 Å². The third kappa shape index (κ3) is 5.75. The highest BCUT2D eigenvalue weighted by molar-refractivity contribution is 6.27. The summed E-state index contributed by atoms with van der Waals surface area (Å²) in [6.45, 7) is 4.06. The van der Waals surface area contributed by atoms with Gasteiger partial charge in [-0.3, -0.25) is 0 Å². The lowest BCUT2D eigenvalue weighted by atomic mass is 10.1. The van der Waals surface area contributed by atoms with E-state index in [1.807, 2.05) is 0 Å². The summed E-state index contributed by atoms with van der Waals surface area (Å²) in [5.74, 6) is -3.65. The maximum atomic E-state index is 9.10. The van der Waals surface area contributed by atoms with Crippen molar-refractivity contribution in [2.75, 3.05) is 6.54 Å². The summed E-state index contributed by atoms with van der Waals surface area (Å²) in [4.78, 5) is 21.5. The van der Waals surface area contributed by atoms with Crippen molar-refractivity contribution in [2.24, 2.45) is 0 Å². The molecule has 3 rings (SSSR count). The van der Waals surface area contributed by atoms with Crippen LogP contribution in [-0.4, -0.2) is 33.7 Å². The molecular weight excluding hydrogens is 332 g/mol. The maximum absolute atomic E-state index is 9.10. The minimum absolute atomic E-state index is 0.935. The molecule has 136 valence electrons. The predicted octanol–water partition coefficient (Wildman–Crippen LogP) is 2.96. The number of fused-ring (bicyclic) bond motifs is 1. The Morgan fingerprint density at radius 3 is 2.46 bits per heavy atom. The molecule has 6 heteroatoms. The van der Waals surface area contributed by atoms with Gasteiger partial charge >= 0.3 is 11.9 Å². The number of aryl methyl sites for hydroxylation is 1. The third-order valence-corrected chi connectivity index (χ3v) is 3.84. The summed E-state index contributed by atoms with van der Waals surface area (Å²) in [6, 6.07) is 17.1. The van der Waals surface area contributed by atoms with Crippen LogP contribution >= 0.6 is 0 Å². The molecule has 6 nitrogen and oxygen atoms in total. The summed E-state index contributed by atoms with van der Waals surface area (Å²) in [7, 11) is 0. The highest BCUT2D eigenvalue weighted by atomic mass is 16.4. The first-order valence-corrected chi connectivity index (χ1v) is 8.25. The second-order valence-electron chi connectivity index (χ2n) is 5.89. The van der Waals surface area contributed by atoms with Gasteiger partial charge in [-0.1, -0.05) is 48.0 Å². The first kappa shape index (κ1) is 19.2. The third-order valence-electron chi connectivity index (χ3n) is 3.84. The average molecular weight is 354 g/mol. The molecule has 0 saturated heterocycles. The molecule has 0 bridgehead atoms. The van der Waals surface area contributed by atoms with Crippen LogP contribution in [0.25, 0.3) is 10.9 Å². The van der Waals surface area contributed by atoms with Gasteiger partial charge in [-0.2, -0.15) is 0 Å². The van der Waals surface area contributed by atoms with Gasteiger partial charge in [0.05, 0.1) is 0 Å². The summed E-state index contributed by atoms with van der Waals surface area (Å²) >= 11 is 0. The maximum Gasteiger partial charge on any atom is 0.414 e. The van der Waals surface area contributed by atoms with Crippen LogP contribution in [0.2, 0.25) is 0 Å². The highest BCUT2D eigenvalue weighted by Crippen LogP contribution is 2.17. The van der Waals surface area contributed by atoms with E-state index in [4.69, 9.17) is 19.8 Å². The van der Waals surface area contributed by atoms with Crippen molar-refractivity contribution in [1.82, 2.24) is 10.3 Å². The van der Waals surface area contributed by atoms with E-state index in [0.29, 0.717) is 0 Å². The van der Waals surface area contributed by atoms with Crippen LogP contribution in [0.4, 0.5) is 0 Å². The van der Waals surface area contributed by atoms with Crippen LogP contribution in [0.3, 0.4) is 0 Å². The smallest absolute Gasteiger partial charge is 0.414 e. The van der Waals surface area contributed by atoms with Gasteiger partial charge in [0.15, 0.2) is 0 Å². The molecule has 0 unspecified atom stereocenters. The van der Waals surface area contributed by atoms with Crippen molar-refractivity contribution in [2.45, 2.75) is 19.9 Å². The quantitative estimate of drug-likeness (QED) is 0.417. The molecule has 4 N–H and O–H groups in total. The van der Waals surface area contributed by atoms with Gasteiger partial charge < -0.3 is 20.5 Å². The number of hydrogen-bond donors (Lipinski definition) is 4. The van der Waals surface area contributed by atoms with E-state index in [-0.39, 0.29) is 0 Å². The molecule has 0 amide bonds. The zero-order chi connectivity index (χ0) is 18.9. The molecule has 3 aromatic rings. The number of benzene rings is 2. The largest absolute Gasteiger partial charge is 0.473 e. The van der Waals surface area contributed by atoms with Crippen LogP contribution in [0.1, 0.15) is 16.7 Å². The van der Waals surface area contributed by atoms with Gasteiger partial charge in [-0.15, -0.1) is 0 Å². The normalized spacial score (nSPS) is 10.2. The van der Waals surface area contributed by atoms with E-state index < -0.39 is 11.9 Å². The Bertz CT molecular complexity index is 874. The number of aromatic amines is 1. The number of aliphatic carboxylic acids is 2. The monoisotopic (exact) mass is 354 g/mol. The van der Waals surface area contributed by atoms with Gasteiger partial charge in [0.2, 0.25) is 0 Å². The van der Waals surface area contributed by atoms with Crippen LogP contribution in [0.15, 0.2) is 54.7 Å². The number of hydrogen-bond acceptors (Lipinski definition) is 3. The number of nitrogens with one attached hydrogen (secondary N) is 2. The molecule has 0 spiro atoms. The van der Waals surface area contributed by atoms with Crippen molar-refractivity contribution >= 4 is 22.8 Å². The summed E-state index contributed by atoms with van der Waals surface area (Å²) in [6.07, 6.45) is 3.18. The zero-order valence-corrected chi connectivity index (χ0v) is 14.5. The standard InChI is InChI=1S/C18H20N2.C2H2O4/c1-14-5-4-6-15(11-14)12-19-10-9-16-13-20-18-8-3-2-7-17(16)18;3-1(4)2(5)6/h2-8,11,13,19-20H,9-10,12H2,1H3;(H,3,4)(H,5,6). The number of carboxylic acids is 2.